The van der Waals surface area contributed by atoms with E-state index in [4.69, 9.17) is 0 Å². The van der Waals surface area contributed by atoms with Crippen LogP contribution in [0.3, 0.4) is 0 Å². The number of benzene rings is 2. The third-order valence-corrected chi connectivity index (χ3v) is 5.47. The van der Waals surface area contributed by atoms with Crippen LogP contribution in [0.1, 0.15) is 28.5 Å². The van der Waals surface area contributed by atoms with E-state index in [-0.39, 0.29) is 10.8 Å². The molecule has 0 unspecified atom stereocenters. The van der Waals surface area contributed by atoms with Crippen molar-refractivity contribution in [3.8, 4) is 0 Å². The molecule has 0 saturated heterocycles. The average Bonchev–Trinajstić information content (AvgIpc) is 2.60. The largest absolute Gasteiger partial charge is 0.322 e. The molecule has 2 aromatic carbocycles. The van der Waals surface area contributed by atoms with Gasteiger partial charge >= 0.3 is 0 Å². The number of nitrogens with zero attached hydrogens (tertiary/aromatic N) is 1. The molecule has 1 N–H and O–H groups in total. The smallest absolute Gasteiger partial charge is 0.256 e. The van der Waals surface area contributed by atoms with E-state index in [1.54, 1.807) is 12.1 Å². The summed E-state index contributed by atoms with van der Waals surface area (Å²) in [6.45, 7) is 3.91. The molecule has 5 nitrogen and oxygen atoms in total. The Bertz CT molecular complexity index is 1090. The van der Waals surface area contributed by atoms with Gasteiger partial charge < -0.3 is 5.32 Å². The summed E-state index contributed by atoms with van der Waals surface area (Å²) in [5, 5.41) is 3.66. The van der Waals surface area contributed by atoms with E-state index in [1.807, 2.05) is 38.1 Å². The van der Waals surface area contributed by atoms with Crippen LogP contribution >= 0.6 is 0 Å². The Kier molecular flexibility index (Phi) is 4.78. The number of nitrogens with one attached hydrogen (secondary N) is 1. The lowest BCUT2D eigenvalue weighted by Gasteiger charge is -2.14. The molecule has 134 valence electrons. The van der Waals surface area contributed by atoms with Crippen LogP contribution in [0.25, 0.3) is 10.9 Å². The minimum atomic E-state index is -3.27. The Hall–Kier alpha value is -2.73. The quantitative estimate of drug-likeness (QED) is 0.761. The van der Waals surface area contributed by atoms with Crippen LogP contribution in [-0.4, -0.2) is 25.6 Å². The van der Waals surface area contributed by atoms with Gasteiger partial charge in [-0.25, -0.2) is 8.42 Å². The van der Waals surface area contributed by atoms with Gasteiger partial charge in [-0.2, -0.15) is 0 Å². The summed E-state index contributed by atoms with van der Waals surface area (Å²) in [6, 6.07) is 13.7. The summed E-state index contributed by atoms with van der Waals surface area (Å²) in [6.07, 6.45) is 1.89. The number of fused-ring (bicyclic) bond motifs is 1. The lowest BCUT2D eigenvalue weighted by atomic mass is 9.99. The van der Waals surface area contributed by atoms with Crippen molar-refractivity contribution < 1.29 is 13.2 Å². The van der Waals surface area contributed by atoms with Crippen LogP contribution in [0.4, 0.5) is 5.69 Å². The molecule has 0 saturated carbocycles. The van der Waals surface area contributed by atoms with Crippen LogP contribution in [0.15, 0.2) is 53.4 Å². The number of para-hydroxylation sites is 1. The van der Waals surface area contributed by atoms with Gasteiger partial charge in [-0.15, -0.1) is 0 Å². The van der Waals surface area contributed by atoms with Gasteiger partial charge in [0.2, 0.25) is 0 Å². The van der Waals surface area contributed by atoms with E-state index >= 15 is 0 Å². The van der Waals surface area contributed by atoms with Gasteiger partial charge in [0.05, 0.1) is 16.0 Å². The Morgan fingerprint density at radius 3 is 2.35 bits per heavy atom. The molecular formula is C20H20N2O3S. The van der Waals surface area contributed by atoms with E-state index < -0.39 is 9.84 Å². The SMILES string of the molecule is CCc1nc2ccccc2c(C(=O)Nc2ccc(S(C)(=O)=O)cc2)c1C. The van der Waals surface area contributed by atoms with Crippen molar-refractivity contribution in [3.63, 3.8) is 0 Å². The third kappa shape index (κ3) is 3.46. The first-order valence-electron chi connectivity index (χ1n) is 8.31. The minimum absolute atomic E-state index is 0.217. The highest BCUT2D eigenvalue weighted by Gasteiger charge is 2.17. The van der Waals surface area contributed by atoms with Crippen molar-refractivity contribution in [1.29, 1.82) is 0 Å². The zero-order valence-corrected chi connectivity index (χ0v) is 15.7. The molecule has 1 aromatic heterocycles. The minimum Gasteiger partial charge on any atom is -0.322 e. The highest BCUT2D eigenvalue weighted by Crippen LogP contribution is 2.25. The standard InChI is InChI=1S/C20H20N2O3S/c1-4-17-13(2)19(16-7-5-6-8-18(16)22-17)20(23)21-14-9-11-15(12-10-14)26(3,24)25/h5-12H,4H2,1-3H3,(H,21,23). The monoisotopic (exact) mass is 368 g/mol. The number of carbonyl (C=O) groups excluding carboxylic acids is 1. The number of amides is 1. The number of hydrogen-bond acceptors (Lipinski definition) is 4. The summed E-state index contributed by atoms with van der Waals surface area (Å²) < 4.78 is 23.1. The number of rotatable bonds is 4. The van der Waals surface area contributed by atoms with E-state index in [2.05, 4.69) is 10.3 Å². The van der Waals surface area contributed by atoms with Crippen LogP contribution in [-0.2, 0) is 16.3 Å². The Labute approximate surface area is 153 Å². The van der Waals surface area contributed by atoms with E-state index in [0.29, 0.717) is 11.3 Å². The van der Waals surface area contributed by atoms with Gasteiger partial charge in [-0.05, 0) is 49.2 Å². The van der Waals surface area contributed by atoms with Gasteiger partial charge in [-0.1, -0.05) is 25.1 Å². The van der Waals surface area contributed by atoms with Crippen molar-refractivity contribution in [2.24, 2.45) is 0 Å². The van der Waals surface area contributed by atoms with Crippen molar-refractivity contribution in [2.45, 2.75) is 25.2 Å². The lowest BCUT2D eigenvalue weighted by Crippen LogP contribution is -2.16. The van der Waals surface area contributed by atoms with Crippen LogP contribution in [0, 0.1) is 6.92 Å². The number of aryl methyl sites for hydroxylation is 1. The second-order valence-electron chi connectivity index (χ2n) is 6.18. The highest BCUT2D eigenvalue weighted by molar-refractivity contribution is 7.90. The summed E-state index contributed by atoms with van der Waals surface area (Å²) in [4.78, 5) is 17.8. The van der Waals surface area contributed by atoms with E-state index in [0.717, 1.165) is 34.8 Å². The lowest BCUT2D eigenvalue weighted by molar-refractivity contribution is 0.102. The predicted molar refractivity (Wildman–Crippen MR) is 103 cm³/mol. The number of hydrogen-bond donors (Lipinski definition) is 1. The first-order valence-corrected chi connectivity index (χ1v) is 10.2. The molecule has 0 atom stereocenters. The van der Waals surface area contributed by atoms with Crippen molar-refractivity contribution in [1.82, 2.24) is 4.98 Å². The molecule has 0 spiro atoms. The number of pyridine rings is 1. The van der Waals surface area contributed by atoms with Crippen LogP contribution in [0.5, 0.6) is 0 Å². The van der Waals surface area contributed by atoms with Crippen molar-refractivity contribution in [2.75, 3.05) is 11.6 Å². The fourth-order valence-electron chi connectivity index (χ4n) is 2.97. The molecule has 3 aromatic rings. The van der Waals surface area contributed by atoms with Gasteiger partial charge in [-0.3, -0.25) is 9.78 Å². The fourth-order valence-corrected chi connectivity index (χ4v) is 3.60. The molecule has 1 heterocycles. The molecule has 0 fully saturated rings. The average molecular weight is 368 g/mol. The molecule has 1 amide bonds. The van der Waals surface area contributed by atoms with Crippen molar-refractivity contribution in [3.05, 3.63) is 65.4 Å². The maximum Gasteiger partial charge on any atom is 0.256 e. The summed E-state index contributed by atoms with van der Waals surface area (Å²) >= 11 is 0. The highest BCUT2D eigenvalue weighted by atomic mass is 32.2. The Morgan fingerprint density at radius 1 is 1.08 bits per heavy atom. The van der Waals surface area contributed by atoms with Gasteiger partial charge in [0.25, 0.3) is 5.91 Å². The zero-order valence-electron chi connectivity index (χ0n) is 14.9. The zero-order chi connectivity index (χ0) is 18.9. The Morgan fingerprint density at radius 2 is 1.73 bits per heavy atom. The second-order valence-corrected chi connectivity index (χ2v) is 8.20. The maximum atomic E-state index is 12.9. The first kappa shape index (κ1) is 18.1. The summed E-state index contributed by atoms with van der Waals surface area (Å²) in [5.74, 6) is -0.233. The van der Waals surface area contributed by atoms with Gasteiger partial charge in [0, 0.05) is 23.0 Å². The molecule has 0 radical (unpaired) electrons. The van der Waals surface area contributed by atoms with Gasteiger partial charge in [0.1, 0.15) is 0 Å². The number of aromatic nitrogens is 1. The summed E-state index contributed by atoms with van der Waals surface area (Å²) in [7, 11) is -3.27. The molecule has 6 heteroatoms. The number of sulfone groups is 1. The van der Waals surface area contributed by atoms with E-state index in [9.17, 15) is 13.2 Å². The molecule has 0 aliphatic rings. The normalized spacial score (nSPS) is 11.5. The molecule has 26 heavy (non-hydrogen) atoms. The molecule has 0 aliphatic carbocycles. The number of carbonyl (C=O) groups is 1. The Balaban J connectivity index is 2.01. The van der Waals surface area contributed by atoms with Crippen LogP contribution < -0.4 is 5.32 Å². The van der Waals surface area contributed by atoms with E-state index in [1.165, 1.54) is 12.1 Å². The fraction of sp³-hybridized carbons (Fsp3) is 0.200. The number of anilines is 1. The maximum absolute atomic E-state index is 12.9. The van der Waals surface area contributed by atoms with Crippen molar-refractivity contribution >= 4 is 32.3 Å². The predicted octanol–water partition coefficient (Wildman–Crippen LogP) is 3.76. The van der Waals surface area contributed by atoms with Gasteiger partial charge in [0.15, 0.2) is 9.84 Å². The third-order valence-electron chi connectivity index (χ3n) is 4.34. The second kappa shape index (κ2) is 6.88. The topological polar surface area (TPSA) is 76.1 Å². The molecule has 3 rings (SSSR count). The molecule has 0 aliphatic heterocycles. The van der Waals surface area contributed by atoms with Crippen LogP contribution in [0.2, 0.25) is 0 Å². The summed E-state index contributed by atoms with van der Waals surface area (Å²) in [5.41, 5.74) is 3.67. The molecule has 0 bridgehead atoms. The first-order chi connectivity index (χ1) is 12.3. The molecular weight excluding hydrogens is 348 g/mol.